The zero-order valence-corrected chi connectivity index (χ0v) is 7.57. The number of halogens is 1. The molecule has 0 spiro atoms. The summed E-state index contributed by atoms with van der Waals surface area (Å²) in [4.78, 5) is 0. The average molecular weight is 187 g/mol. The summed E-state index contributed by atoms with van der Waals surface area (Å²) in [6, 6.07) is 17.1. The summed E-state index contributed by atoms with van der Waals surface area (Å²) in [5.41, 5.74) is 4.21. The second-order valence-corrected chi connectivity index (χ2v) is 3.04. The molecule has 2 rings (SSSR count). The molecule has 0 aliphatic heterocycles. The first kappa shape index (κ1) is 8.75. The van der Waals surface area contributed by atoms with Crippen molar-refractivity contribution in [1.82, 2.24) is 0 Å². The van der Waals surface area contributed by atoms with Gasteiger partial charge < -0.3 is 0 Å². The molecule has 0 heterocycles. The molecule has 1 N–H and O–H groups in total. The molecule has 2 aromatic rings. The third-order valence-corrected chi connectivity index (χ3v) is 2.08. The van der Waals surface area contributed by atoms with Crippen molar-refractivity contribution < 1.29 is 4.48 Å². The van der Waals surface area contributed by atoms with Crippen LogP contribution in [-0.2, 0) is 0 Å². The van der Waals surface area contributed by atoms with Crippen LogP contribution in [0.2, 0.25) is 0 Å². The molecule has 0 amide bonds. The quantitative estimate of drug-likeness (QED) is 0.707. The first-order valence-electron chi connectivity index (χ1n) is 4.42. The highest BCUT2D eigenvalue weighted by Crippen LogP contribution is 2.21. The summed E-state index contributed by atoms with van der Waals surface area (Å²) in [6.07, 6.45) is 0. The molecule has 0 aromatic heterocycles. The number of benzene rings is 2. The first-order valence-corrected chi connectivity index (χ1v) is 4.42. The maximum Gasteiger partial charge on any atom is 0.0661 e. The molecule has 0 atom stereocenters. The van der Waals surface area contributed by atoms with Crippen LogP contribution in [0.3, 0.4) is 0 Å². The smallest absolute Gasteiger partial charge is 0.0661 e. The topological polar surface area (TPSA) is 12.0 Å². The van der Waals surface area contributed by atoms with Crippen molar-refractivity contribution in [3.8, 4) is 11.1 Å². The zero-order valence-electron chi connectivity index (χ0n) is 7.57. The van der Waals surface area contributed by atoms with E-state index in [0.29, 0.717) is 5.69 Å². The van der Waals surface area contributed by atoms with E-state index in [1.807, 2.05) is 42.5 Å². The lowest BCUT2D eigenvalue weighted by Crippen LogP contribution is -1.82. The third kappa shape index (κ3) is 1.74. The molecular weight excluding hydrogens is 177 g/mol. The first-order chi connectivity index (χ1) is 6.90. The number of hydrogen-bond donors (Lipinski definition) is 1. The Morgan fingerprint density at radius 3 is 2.21 bits per heavy atom. The SMILES string of the molecule is FNc1cccc(-c2ccccc2)c1. The molecule has 2 aromatic carbocycles. The van der Waals surface area contributed by atoms with Gasteiger partial charge in [-0.05, 0) is 23.3 Å². The fourth-order valence-electron chi connectivity index (χ4n) is 1.39. The minimum absolute atomic E-state index is 0.478. The molecule has 1 nitrogen and oxygen atoms in total. The standard InChI is InChI=1S/C12H10FN/c13-14-12-8-4-7-11(9-12)10-5-2-1-3-6-10/h1-9,14H. The lowest BCUT2D eigenvalue weighted by atomic mass is 10.1. The molecule has 14 heavy (non-hydrogen) atoms. The Hall–Kier alpha value is -1.83. The van der Waals surface area contributed by atoms with Crippen molar-refractivity contribution in [1.29, 1.82) is 0 Å². The van der Waals surface area contributed by atoms with Gasteiger partial charge in [0.15, 0.2) is 0 Å². The number of hydrogen-bond acceptors (Lipinski definition) is 1. The number of rotatable bonds is 2. The zero-order chi connectivity index (χ0) is 9.80. The molecule has 0 aliphatic rings. The van der Waals surface area contributed by atoms with Crippen LogP contribution in [0.1, 0.15) is 0 Å². The predicted octanol–water partition coefficient (Wildman–Crippen LogP) is 3.65. The van der Waals surface area contributed by atoms with Gasteiger partial charge in [0, 0.05) is 0 Å². The molecule has 70 valence electrons. The molecule has 2 heteroatoms. The Bertz CT molecular complexity index is 412. The minimum Gasteiger partial charge on any atom is -0.225 e. The lowest BCUT2D eigenvalue weighted by molar-refractivity contribution is 0.618. The Balaban J connectivity index is 2.42. The summed E-state index contributed by atoms with van der Waals surface area (Å²) in [5, 5.41) is 0. The Kier molecular flexibility index (Phi) is 2.45. The number of nitrogens with one attached hydrogen (secondary N) is 1. The van der Waals surface area contributed by atoms with Gasteiger partial charge in [-0.1, -0.05) is 42.5 Å². The van der Waals surface area contributed by atoms with Crippen LogP contribution < -0.4 is 5.54 Å². The van der Waals surface area contributed by atoms with Crippen molar-refractivity contribution in [3.63, 3.8) is 0 Å². The van der Waals surface area contributed by atoms with Gasteiger partial charge in [0.2, 0.25) is 0 Å². The van der Waals surface area contributed by atoms with E-state index in [1.54, 1.807) is 17.7 Å². The normalized spacial score (nSPS) is 9.79. The second-order valence-electron chi connectivity index (χ2n) is 3.04. The van der Waals surface area contributed by atoms with Gasteiger partial charge in [0.1, 0.15) is 0 Å². The molecule has 0 bridgehead atoms. The Labute approximate surface area is 82.1 Å². The van der Waals surface area contributed by atoms with Gasteiger partial charge in [0.25, 0.3) is 0 Å². The van der Waals surface area contributed by atoms with Gasteiger partial charge in [-0.2, -0.15) is 0 Å². The van der Waals surface area contributed by atoms with Gasteiger partial charge in [-0.3, -0.25) is 0 Å². The predicted molar refractivity (Wildman–Crippen MR) is 56.6 cm³/mol. The maximum atomic E-state index is 12.2. The van der Waals surface area contributed by atoms with Crippen LogP contribution in [0, 0.1) is 0 Å². The second kappa shape index (κ2) is 3.92. The third-order valence-electron chi connectivity index (χ3n) is 2.08. The van der Waals surface area contributed by atoms with Crippen molar-refractivity contribution in [2.75, 3.05) is 5.54 Å². The van der Waals surface area contributed by atoms with Crippen LogP contribution >= 0.6 is 0 Å². The summed E-state index contributed by atoms with van der Waals surface area (Å²) >= 11 is 0. The van der Waals surface area contributed by atoms with E-state index in [-0.39, 0.29) is 0 Å². The van der Waals surface area contributed by atoms with Crippen LogP contribution in [0.5, 0.6) is 0 Å². The van der Waals surface area contributed by atoms with Crippen molar-refractivity contribution in [3.05, 3.63) is 54.6 Å². The largest absolute Gasteiger partial charge is 0.225 e. The van der Waals surface area contributed by atoms with E-state index in [0.717, 1.165) is 11.1 Å². The van der Waals surface area contributed by atoms with Crippen molar-refractivity contribution in [2.45, 2.75) is 0 Å². The summed E-state index contributed by atoms with van der Waals surface area (Å²) in [6.45, 7) is 0. The average Bonchev–Trinajstić information content (AvgIpc) is 2.30. The Morgan fingerprint density at radius 1 is 0.786 bits per heavy atom. The van der Waals surface area contributed by atoms with E-state index in [4.69, 9.17) is 0 Å². The molecule has 0 saturated heterocycles. The lowest BCUT2D eigenvalue weighted by Gasteiger charge is -2.02. The molecular formula is C12H10FN. The van der Waals surface area contributed by atoms with E-state index < -0.39 is 0 Å². The van der Waals surface area contributed by atoms with E-state index in [2.05, 4.69) is 0 Å². The van der Waals surface area contributed by atoms with Gasteiger partial charge >= 0.3 is 0 Å². The number of anilines is 1. The summed E-state index contributed by atoms with van der Waals surface area (Å²) < 4.78 is 12.2. The van der Waals surface area contributed by atoms with Gasteiger partial charge in [-0.25, -0.2) is 5.54 Å². The Morgan fingerprint density at radius 2 is 1.50 bits per heavy atom. The molecule has 0 aliphatic carbocycles. The van der Waals surface area contributed by atoms with Crippen molar-refractivity contribution >= 4 is 5.69 Å². The summed E-state index contributed by atoms with van der Waals surface area (Å²) in [5.74, 6) is 0. The summed E-state index contributed by atoms with van der Waals surface area (Å²) in [7, 11) is 0. The molecule has 0 fully saturated rings. The molecule has 0 unspecified atom stereocenters. The van der Waals surface area contributed by atoms with Crippen LogP contribution in [0.15, 0.2) is 54.6 Å². The fraction of sp³-hybridized carbons (Fsp3) is 0. The highest BCUT2D eigenvalue weighted by atomic mass is 19.2. The highest BCUT2D eigenvalue weighted by molar-refractivity contribution is 5.67. The van der Waals surface area contributed by atoms with Gasteiger partial charge in [-0.15, -0.1) is 4.48 Å². The van der Waals surface area contributed by atoms with E-state index in [1.165, 1.54) is 0 Å². The highest BCUT2D eigenvalue weighted by Gasteiger charge is 1.97. The van der Waals surface area contributed by atoms with Crippen LogP contribution in [0.4, 0.5) is 10.2 Å². The van der Waals surface area contributed by atoms with E-state index in [9.17, 15) is 4.48 Å². The maximum absolute atomic E-state index is 12.2. The van der Waals surface area contributed by atoms with E-state index >= 15 is 0 Å². The van der Waals surface area contributed by atoms with Crippen LogP contribution in [-0.4, -0.2) is 0 Å². The van der Waals surface area contributed by atoms with Crippen molar-refractivity contribution in [2.24, 2.45) is 0 Å². The monoisotopic (exact) mass is 187 g/mol. The van der Waals surface area contributed by atoms with Gasteiger partial charge in [0.05, 0.1) is 5.69 Å². The molecule has 0 saturated carbocycles. The van der Waals surface area contributed by atoms with Crippen LogP contribution in [0.25, 0.3) is 11.1 Å². The minimum atomic E-state index is 0.478. The molecule has 0 radical (unpaired) electrons. The fourth-order valence-corrected chi connectivity index (χ4v) is 1.39.